The lowest BCUT2D eigenvalue weighted by Gasteiger charge is -2.19. The molecule has 2 atom stereocenters. The third kappa shape index (κ3) is 7.85. The molecule has 4 heteroatoms. The van der Waals surface area contributed by atoms with Crippen molar-refractivity contribution in [2.45, 2.75) is 73.0 Å². The molecule has 0 aromatic rings. The van der Waals surface area contributed by atoms with Crippen LogP contribution in [0.5, 0.6) is 0 Å². The molecule has 4 nitrogen and oxygen atoms in total. The van der Waals surface area contributed by atoms with E-state index >= 15 is 0 Å². The number of hydrogen-bond donors (Lipinski definition) is 0. The minimum Gasteiger partial charge on any atom is -0.425 e. The summed E-state index contributed by atoms with van der Waals surface area (Å²) in [5.41, 5.74) is 0. The van der Waals surface area contributed by atoms with Gasteiger partial charge in [-0.2, -0.15) is 0 Å². The largest absolute Gasteiger partial charge is 0.425 e. The van der Waals surface area contributed by atoms with Gasteiger partial charge in [0.15, 0.2) is 0 Å². The molecule has 19 heavy (non-hydrogen) atoms. The summed E-state index contributed by atoms with van der Waals surface area (Å²) >= 11 is 0. The molecule has 0 spiro atoms. The molecule has 0 aromatic heterocycles. The van der Waals surface area contributed by atoms with E-state index in [2.05, 4.69) is 13.8 Å². The zero-order valence-electron chi connectivity index (χ0n) is 12.9. The topological polar surface area (TPSA) is 52.6 Å². The number of carbonyl (C=O) groups is 2. The Morgan fingerprint density at radius 1 is 0.895 bits per heavy atom. The lowest BCUT2D eigenvalue weighted by atomic mass is 9.97. The first-order valence-corrected chi connectivity index (χ1v) is 7.33. The zero-order valence-corrected chi connectivity index (χ0v) is 12.9. The van der Waals surface area contributed by atoms with Crippen molar-refractivity contribution in [3.05, 3.63) is 0 Å². The molecule has 0 fully saturated rings. The van der Waals surface area contributed by atoms with E-state index in [4.69, 9.17) is 9.47 Å². The van der Waals surface area contributed by atoms with Gasteiger partial charge in [-0.3, -0.25) is 9.59 Å². The van der Waals surface area contributed by atoms with Gasteiger partial charge in [0.25, 0.3) is 0 Å². The van der Waals surface area contributed by atoms with Gasteiger partial charge in [0.2, 0.25) is 6.29 Å². The van der Waals surface area contributed by atoms with E-state index in [1.165, 1.54) is 0 Å². The summed E-state index contributed by atoms with van der Waals surface area (Å²) in [4.78, 5) is 23.4. The summed E-state index contributed by atoms with van der Waals surface area (Å²) in [6, 6.07) is 0. The van der Waals surface area contributed by atoms with Crippen molar-refractivity contribution < 1.29 is 19.1 Å². The van der Waals surface area contributed by atoms with Crippen molar-refractivity contribution in [3.63, 3.8) is 0 Å². The normalized spacial score (nSPS) is 14.0. The van der Waals surface area contributed by atoms with Crippen LogP contribution in [-0.2, 0) is 19.1 Å². The maximum absolute atomic E-state index is 12.0. The van der Waals surface area contributed by atoms with Crippen LogP contribution in [0.25, 0.3) is 0 Å². The fourth-order valence-corrected chi connectivity index (χ4v) is 1.76. The molecule has 0 radical (unpaired) electrons. The molecule has 0 saturated heterocycles. The molecule has 0 rings (SSSR count). The van der Waals surface area contributed by atoms with E-state index in [0.717, 1.165) is 32.1 Å². The minimum absolute atomic E-state index is 0.0786. The first kappa shape index (κ1) is 17.9. The Bertz CT molecular complexity index is 273. The summed E-state index contributed by atoms with van der Waals surface area (Å²) in [7, 11) is 0. The van der Waals surface area contributed by atoms with Gasteiger partial charge in [0.1, 0.15) is 0 Å². The van der Waals surface area contributed by atoms with Crippen LogP contribution in [0.3, 0.4) is 0 Å². The first-order valence-electron chi connectivity index (χ1n) is 7.33. The van der Waals surface area contributed by atoms with E-state index in [-0.39, 0.29) is 23.8 Å². The van der Waals surface area contributed by atoms with Crippen molar-refractivity contribution in [1.29, 1.82) is 0 Å². The summed E-state index contributed by atoms with van der Waals surface area (Å²) < 4.78 is 10.2. The van der Waals surface area contributed by atoms with Gasteiger partial charge < -0.3 is 9.47 Å². The lowest BCUT2D eigenvalue weighted by Crippen LogP contribution is -2.27. The van der Waals surface area contributed by atoms with Crippen molar-refractivity contribution in [3.8, 4) is 0 Å². The Labute approximate surface area is 116 Å². The van der Waals surface area contributed by atoms with Gasteiger partial charge in [-0.25, -0.2) is 0 Å². The van der Waals surface area contributed by atoms with Gasteiger partial charge in [-0.05, 0) is 12.8 Å². The summed E-state index contributed by atoms with van der Waals surface area (Å²) in [6.07, 6.45) is 3.88. The van der Waals surface area contributed by atoms with E-state index in [9.17, 15) is 9.59 Å². The second-order valence-electron chi connectivity index (χ2n) is 5.22. The summed E-state index contributed by atoms with van der Waals surface area (Å²) in [6.45, 7) is 9.23. The third-order valence-corrected chi connectivity index (χ3v) is 2.91. The summed E-state index contributed by atoms with van der Waals surface area (Å²) in [5.74, 6) is -0.891. The molecular weight excluding hydrogens is 244 g/mol. The Morgan fingerprint density at radius 2 is 1.47 bits per heavy atom. The van der Waals surface area contributed by atoms with Crippen LogP contribution in [0.2, 0.25) is 0 Å². The summed E-state index contributed by atoms with van der Waals surface area (Å²) in [5, 5.41) is 0. The van der Waals surface area contributed by atoms with Crippen LogP contribution in [0.15, 0.2) is 0 Å². The van der Waals surface area contributed by atoms with E-state index < -0.39 is 6.29 Å². The van der Waals surface area contributed by atoms with E-state index in [0.29, 0.717) is 0 Å². The molecule has 0 heterocycles. The predicted molar refractivity (Wildman–Crippen MR) is 74.4 cm³/mol. The highest BCUT2D eigenvalue weighted by atomic mass is 16.7. The fraction of sp³-hybridized carbons (Fsp3) is 0.867. The van der Waals surface area contributed by atoms with Crippen molar-refractivity contribution in [1.82, 2.24) is 0 Å². The molecule has 0 aliphatic carbocycles. The van der Waals surface area contributed by atoms with Crippen molar-refractivity contribution >= 4 is 11.9 Å². The van der Waals surface area contributed by atoms with Gasteiger partial charge in [-0.1, -0.05) is 47.0 Å². The van der Waals surface area contributed by atoms with Gasteiger partial charge in [0, 0.05) is 6.92 Å². The molecule has 112 valence electrons. The van der Waals surface area contributed by atoms with Crippen LogP contribution >= 0.6 is 0 Å². The number of hydrogen-bond acceptors (Lipinski definition) is 4. The number of carbonyl (C=O) groups excluding carboxylic acids is 2. The lowest BCUT2D eigenvalue weighted by molar-refractivity contribution is -0.189. The average Bonchev–Trinajstić information content (AvgIpc) is 2.33. The minimum atomic E-state index is -0.802. The van der Waals surface area contributed by atoms with Crippen LogP contribution in [-0.4, -0.2) is 18.2 Å². The molecular formula is C15H28O4. The first-order chi connectivity index (χ1) is 8.92. The molecule has 0 amide bonds. The highest BCUT2D eigenvalue weighted by molar-refractivity contribution is 5.74. The number of unbranched alkanes of at least 4 members (excludes halogenated alkanes) is 1. The van der Waals surface area contributed by atoms with Crippen molar-refractivity contribution in [2.24, 2.45) is 11.8 Å². The maximum atomic E-state index is 12.0. The standard InChI is InChI=1S/C15H28O4/c1-6-8-10-13(9-7-2)15(17)19-12(5)18-14(16)11(3)4/h11-13H,6-10H2,1-5H3. The molecule has 0 saturated carbocycles. The number of esters is 2. The molecule has 0 aromatic carbocycles. The van der Waals surface area contributed by atoms with Gasteiger partial charge in [-0.15, -0.1) is 0 Å². The maximum Gasteiger partial charge on any atom is 0.311 e. The van der Waals surface area contributed by atoms with Crippen LogP contribution in [0, 0.1) is 11.8 Å². The Balaban J connectivity index is 4.25. The fourth-order valence-electron chi connectivity index (χ4n) is 1.76. The molecule has 0 aliphatic rings. The Morgan fingerprint density at radius 3 is 1.95 bits per heavy atom. The second-order valence-corrected chi connectivity index (χ2v) is 5.22. The quantitative estimate of drug-likeness (QED) is 0.474. The highest BCUT2D eigenvalue weighted by Crippen LogP contribution is 2.18. The second kappa shape index (κ2) is 9.82. The van der Waals surface area contributed by atoms with Gasteiger partial charge >= 0.3 is 11.9 Å². The zero-order chi connectivity index (χ0) is 14.8. The Hall–Kier alpha value is -1.06. The highest BCUT2D eigenvalue weighted by Gasteiger charge is 2.22. The van der Waals surface area contributed by atoms with E-state index in [1.807, 2.05) is 0 Å². The molecule has 2 unspecified atom stereocenters. The molecule has 0 aliphatic heterocycles. The van der Waals surface area contributed by atoms with Crippen LogP contribution in [0.4, 0.5) is 0 Å². The average molecular weight is 272 g/mol. The molecule has 0 bridgehead atoms. The smallest absolute Gasteiger partial charge is 0.311 e. The monoisotopic (exact) mass is 272 g/mol. The van der Waals surface area contributed by atoms with Crippen molar-refractivity contribution in [2.75, 3.05) is 0 Å². The van der Waals surface area contributed by atoms with Crippen LogP contribution in [0.1, 0.15) is 66.7 Å². The SMILES string of the molecule is CCCCC(CCC)C(=O)OC(C)OC(=O)C(C)C. The number of rotatable bonds is 9. The molecule has 0 N–H and O–H groups in total. The van der Waals surface area contributed by atoms with E-state index in [1.54, 1.807) is 20.8 Å². The van der Waals surface area contributed by atoms with Crippen LogP contribution < -0.4 is 0 Å². The Kier molecular flexibility index (Phi) is 9.27. The predicted octanol–water partition coefficient (Wildman–Crippen LogP) is 3.68. The number of ether oxygens (including phenoxy) is 2. The van der Waals surface area contributed by atoms with Gasteiger partial charge in [0.05, 0.1) is 11.8 Å². The third-order valence-electron chi connectivity index (χ3n) is 2.91.